The van der Waals surface area contributed by atoms with E-state index in [2.05, 4.69) is 256 Å². The van der Waals surface area contributed by atoms with Crippen molar-refractivity contribution >= 4 is 34.1 Å². The van der Waals surface area contributed by atoms with Crippen LogP contribution in [0, 0.1) is 0 Å². The summed E-state index contributed by atoms with van der Waals surface area (Å²) in [4.78, 5) is 4.85. The Labute approximate surface area is 366 Å². The van der Waals surface area contributed by atoms with Crippen LogP contribution in [0.3, 0.4) is 0 Å². The minimum Gasteiger partial charge on any atom is -0.310 e. The monoisotopic (exact) mass is 796 g/mol. The van der Waals surface area contributed by atoms with Gasteiger partial charge in [-0.05, 0) is 133 Å². The summed E-state index contributed by atoms with van der Waals surface area (Å²) in [5.74, 6) is 0. The van der Waals surface area contributed by atoms with E-state index in [1.807, 2.05) is 0 Å². The molecule has 0 atom stereocenters. The van der Waals surface area contributed by atoms with Gasteiger partial charge in [0.2, 0.25) is 0 Å². The lowest BCUT2D eigenvalue weighted by Crippen LogP contribution is -2.17. The highest BCUT2D eigenvalue weighted by molar-refractivity contribution is 5.89. The van der Waals surface area contributed by atoms with Crippen LogP contribution in [0.5, 0.6) is 0 Å². The Kier molecular flexibility index (Phi) is 8.87. The smallest absolute Gasteiger partial charge is 0.0482 e. The number of hydrogen-bond acceptors (Lipinski definition) is 2. The van der Waals surface area contributed by atoms with E-state index in [4.69, 9.17) is 0 Å². The van der Waals surface area contributed by atoms with Gasteiger partial charge < -0.3 is 9.80 Å². The average Bonchev–Trinajstić information content (AvgIpc) is 3.69. The predicted molar refractivity (Wildman–Crippen MR) is 262 cm³/mol. The molecule has 0 amide bonds. The topological polar surface area (TPSA) is 6.48 Å². The Bertz CT molecular complexity index is 2900. The van der Waals surface area contributed by atoms with Gasteiger partial charge >= 0.3 is 0 Å². The van der Waals surface area contributed by atoms with E-state index >= 15 is 0 Å². The van der Waals surface area contributed by atoms with Crippen molar-refractivity contribution in [3.63, 3.8) is 0 Å². The molecule has 0 saturated carbocycles. The third-order valence-corrected chi connectivity index (χ3v) is 13.5. The molecule has 2 aliphatic carbocycles. The Morgan fingerprint density at radius 3 is 0.984 bits per heavy atom. The molecular weight excluding hydrogens is 749 g/mol. The minimum atomic E-state index is -0.129. The molecule has 9 aromatic carbocycles. The van der Waals surface area contributed by atoms with E-state index in [1.165, 1.54) is 66.8 Å². The standard InChI is InChI=1S/C60H48N2/c1-59(2)55-24-13-11-22-51(55)53-36-34-49(39-57(53)59)61(45-30-26-43(27-31-45)41-16-7-5-8-17-41)47-20-15-21-48(38-47)62(46-32-28-44(29-33-46)42-18-9-6-10-19-42)50-35-37-54-52-23-12-14-25-56(52)60(3,4)58(54)40-50/h5-40H,1-4H3. The van der Waals surface area contributed by atoms with Crippen LogP contribution >= 0.6 is 0 Å². The zero-order chi connectivity index (χ0) is 42.0. The Morgan fingerprint density at radius 2 is 0.565 bits per heavy atom. The summed E-state index contributed by atoms with van der Waals surface area (Å²) in [5.41, 5.74) is 21.9. The van der Waals surface area contributed by atoms with Gasteiger partial charge in [-0.1, -0.05) is 179 Å². The summed E-state index contributed by atoms with van der Waals surface area (Å²) in [7, 11) is 0. The van der Waals surface area contributed by atoms with Crippen molar-refractivity contribution in [2.24, 2.45) is 0 Å². The first-order valence-electron chi connectivity index (χ1n) is 21.8. The van der Waals surface area contributed by atoms with Crippen LogP contribution in [-0.4, -0.2) is 0 Å². The van der Waals surface area contributed by atoms with Gasteiger partial charge in [0.15, 0.2) is 0 Å². The Morgan fingerprint density at radius 1 is 0.242 bits per heavy atom. The van der Waals surface area contributed by atoms with Gasteiger partial charge in [0.25, 0.3) is 0 Å². The summed E-state index contributed by atoms with van der Waals surface area (Å²) < 4.78 is 0. The molecule has 0 N–H and O–H groups in total. The lowest BCUT2D eigenvalue weighted by atomic mass is 9.82. The van der Waals surface area contributed by atoms with Crippen molar-refractivity contribution in [3.05, 3.63) is 241 Å². The van der Waals surface area contributed by atoms with Crippen LogP contribution in [0.25, 0.3) is 44.5 Å². The quantitative estimate of drug-likeness (QED) is 0.151. The summed E-state index contributed by atoms with van der Waals surface area (Å²) in [6.07, 6.45) is 0. The molecule has 0 unspecified atom stereocenters. The SMILES string of the molecule is CC1(C)c2ccccc2-c2ccc(N(c3ccc(-c4ccccc4)cc3)c3cccc(N(c4ccc(-c5ccccc5)cc4)c4ccc5c(c4)C(C)(C)c4ccccc4-5)c3)cc21. The van der Waals surface area contributed by atoms with Crippen LogP contribution in [0.2, 0.25) is 0 Å². The Hall–Kier alpha value is -7.42. The van der Waals surface area contributed by atoms with E-state index < -0.39 is 0 Å². The molecule has 0 spiro atoms. The number of anilines is 6. The molecule has 298 valence electrons. The van der Waals surface area contributed by atoms with Crippen molar-refractivity contribution in [3.8, 4) is 44.5 Å². The van der Waals surface area contributed by atoms with E-state index in [0.29, 0.717) is 0 Å². The van der Waals surface area contributed by atoms with E-state index in [-0.39, 0.29) is 10.8 Å². The highest BCUT2D eigenvalue weighted by Crippen LogP contribution is 2.53. The van der Waals surface area contributed by atoms with Gasteiger partial charge in [-0.15, -0.1) is 0 Å². The van der Waals surface area contributed by atoms with E-state index in [1.54, 1.807) is 0 Å². The first-order valence-corrected chi connectivity index (χ1v) is 21.8. The number of fused-ring (bicyclic) bond motifs is 6. The molecule has 0 fully saturated rings. The van der Waals surface area contributed by atoms with E-state index in [0.717, 1.165) is 34.1 Å². The van der Waals surface area contributed by atoms with Crippen molar-refractivity contribution in [2.45, 2.75) is 38.5 Å². The van der Waals surface area contributed by atoms with Gasteiger partial charge in [-0.25, -0.2) is 0 Å². The molecule has 0 heterocycles. The fourth-order valence-electron chi connectivity index (χ4n) is 10.2. The molecule has 62 heavy (non-hydrogen) atoms. The summed E-state index contributed by atoms with van der Waals surface area (Å²) in [6, 6.07) is 80.3. The van der Waals surface area contributed by atoms with Gasteiger partial charge in [0, 0.05) is 45.0 Å². The molecule has 2 nitrogen and oxygen atoms in total. The number of benzene rings is 9. The Balaban J connectivity index is 1.07. The van der Waals surface area contributed by atoms with Crippen LogP contribution < -0.4 is 9.80 Å². The predicted octanol–water partition coefficient (Wildman–Crippen LogP) is 16.6. The maximum Gasteiger partial charge on any atom is 0.0482 e. The molecule has 2 heteroatoms. The molecule has 11 rings (SSSR count). The summed E-state index contributed by atoms with van der Waals surface area (Å²) in [5, 5.41) is 0. The molecule has 0 saturated heterocycles. The van der Waals surface area contributed by atoms with Gasteiger partial charge in [-0.3, -0.25) is 0 Å². The van der Waals surface area contributed by atoms with Crippen LogP contribution in [0.1, 0.15) is 49.9 Å². The molecule has 0 aliphatic heterocycles. The zero-order valence-electron chi connectivity index (χ0n) is 35.7. The second-order valence-electron chi connectivity index (χ2n) is 17.8. The molecule has 0 bridgehead atoms. The number of rotatable bonds is 8. The van der Waals surface area contributed by atoms with Gasteiger partial charge in [0.1, 0.15) is 0 Å². The first-order chi connectivity index (χ1) is 30.3. The van der Waals surface area contributed by atoms with Crippen LogP contribution in [0.4, 0.5) is 34.1 Å². The molecule has 0 radical (unpaired) electrons. The van der Waals surface area contributed by atoms with Crippen molar-refractivity contribution in [2.75, 3.05) is 9.80 Å². The minimum absolute atomic E-state index is 0.129. The van der Waals surface area contributed by atoms with Crippen LogP contribution in [-0.2, 0) is 10.8 Å². The molecule has 0 aromatic heterocycles. The van der Waals surface area contributed by atoms with Gasteiger partial charge in [0.05, 0.1) is 0 Å². The second kappa shape index (κ2) is 14.6. The number of hydrogen-bond donors (Lipinski definition) is 0. The summed E-state index contributed by atoms with van der Waals surface area (Å²) in [6.45, 7) is 9.44. The highest BCUT2D eigenvalue weighted by atomic mass is 15.2. The lowest BCUT2D eigenvalue weighted by molar-refractivity contribution is 0.660. The maximum absolute atomic E-state index is 2.43. The van der Waals surface area contributed by atoms with Crippen LogP contribution in [0.15, 0.2) is 218 Å². The highest BCUT2D eigenvalue weighted by Gasteiger charge is 2.37. The fourth-order valence-corrected chi connectivity index (χ4v) is 10.2. The van der Waals surface area contributed by atoms with Crippen molar-refractivity contribution < 1.29 is 0 Å². The normalized spacial score (nSPS) is 13.7. The summed E-state index contributed by atoms with van der Waals surface area (Å²) >= 11 is 0. The third kappa shape index (κ3) is 6.17. The van der Waals surface area contributed by atoms with Crippen molar-refractivity contribution in [1.29, 1.82) is 0 Å². The van der Waals surface area contributed by atoms with E-state index in [9.17, 15) is 0 Å². The maximum atomic E-state index is 2.43. The second-order valence-corrected chi connectivity index (χ2v) is 17.8. The van der Waals surface area contributed by atoms with Gasteiger partial charge in [-0.2, -0.15) is 0 Å². The lowest BCUT2D eigenvalue weighted by Gasteiger charge is -2.31. The third-order valence-electron chi connectivity index (χ3n) is 13.5. The zero-order valence-corrected chi connectivity index (χ0v) is 35.7. The average molecular weight is 797 g/mol. The molecule has 9 aromatic rings. The molecule has 2 aliphatic rings. The van der Waals surface area contributed by atoms with Crippen molar-refractivity contribution in [1.82, 2.24) is 0 Å². The first kappa shape index (κ1) is 37.6. The fraction of sp³-hybridized carbons (Fsp3) is 0.100. The number of nitrogens with zero attached hydrogens (tertiary/aromatic N) is 2. The molecular formula is C60H48N2. The largest absolute Gasteiger partial charge is 0.310 e.